The number of piperidine rings is 1. The maximum absolute atomic E-state index is 12.6. The van der Waals surface area contributed by atoms with E-state index in [-0.39, 0.29) is 5.91 Å². The minimum Gasteiger partial charge on any atom is -0.337 e. The third kappa shape index (κ3) is 3.09. The maximum atomic E-state index is 12.6. The monoisotopic (exact) mass is 355 g/mol. The minimum absolute atomic E-state index is 0.0428. The third-order valence-electron chi connectivity index (χ3n) is 4.77. The number of pyridine rings is 2. The fraction of sp³-hybridized carbons (Fsp3) is 0.333. The molecular weight excluding hydrogens is 338 g/mol. The summed E-state index contributed by atoms with van der Waals surface area (Å²) < 4.78 is 1.62. The van der Waals surface area contributed by atoms with Crippen LogP contribution >= 0.6 is 11.6 Å². The molecule has 0 atom stereocenters. The van der Waals surface area contributed by atoms with E-state index in [9.17, 15) is 4.79 Å². The summed E-state index contributed by atoms with van der Waals surface area (Å²) >= 11 is 5.97. The van der Waals surface area contributed by atoms with Crippen LogP contribution in [0.25, 0.3) is 11.0 Å². The van der Waals surface area contributed by atoms with Crippen molar-refractivity contribution in [1.82, 2.24) is 24.6 Å². The lowest BCUT2D eigenvalue weighted by atomic mass is 9.92. The van der Waals surface area contributed by atoms with Gasteiger partial charge in [-0.05, 0) is 37.1 Å². The van der Waals surface area contributed by atoms with E-state index in [1.807, 2.05) is 23.1 Å². The molecule has 128 valence electrons. The van der Waals surface area contributed by atoms with Gasteiger partial charge < -0.3 is 4.90 Å². The van der Waals surface area contributed by atoms with Crippen molar-refractivity contribution in [2.45, 2.75) is 18.8 Å². The number of likely N-dealkylation sites (tertiary alicyclic amines) is 1. The fourth-order valence-electron chi connectivity index (χ4n) is 3.35. The predicted octanol–water partition coefficient (Wildman–Crippen LogP) is 3.04. The Hall–Kier alpha value is -2.47. The summed E-state index contributed by atoms with van der Waals surface area (Å²) in [7, 11) is 1.79. The molecule has 0 radical (unpaired) electrons. The molecule has 0 spiro atoms. The van der Waals surface area contributed by atoms with E-state index < -0.39 is 0 Å². The molecule has 7 heteroatoms. The molecule has 0 bridgehead atoms. The van der Waals surface area contributed by atoms with E-state index in [1.165, 1.54) is 0 Å². The van der Waals surface area contributed by atoms with Crippen molar-refractivity contribution in [3.05, 3.63) is 53.1 Å². The number of aryl methyl sites for hydroxylation is 1. The molecule has 3 aromatic rings. The van der Waals surface area contributed by atoms with Gasteiger partial charge in [-0.25, -0.2) is 9.97 Å². The van der Waals surface area contributed by atoms with Gasteiger partial charge in [0, 0.05) is 49.5 Å². The maximum Gasteiger partial charge on any atom is 0.272 e. The Bertz CT molecular complexity index is 930. The molecule has 1 fully saturated rings. The van der Waals surface area contributed by atoms with E-state index in [4.69, 9.17) is 11.6 Å². The molecule has 1 amide bonds. The summed E-state index contributed by atoms with van der Waals surface area (Å²) in [6.45, 7) is 1.45. The van der Waals surface area contributed by atoms with Gasteiger partial charge in [-0.1, -0.05) is 11.6 Å². The van der Waals surface area contributed by atoms with Crippen LogP contribution in [-0.4, -0.2) is 43.6 Å². The molecule has 1 aliphatic heterocycles. The van der Waals surface area contributed by atoms with E-state index in [2.05, 4.69) is 15.1 Å². The van der Waals surface area contributed by atoms with E-state index >= 15 is 0 Å². The van der Waals surface area contributed by atoms with Gasteiger partial charge in [-0.2, -0.15) is 5.10 Å². The topological polar surface area (TPSA) is 63.9 Å². The molecule has 4 rings (SSSR count). The first kappa shape index (κ1) is 16.0. The third-order valence-corrected chi connectivity index (χ3v) is 4.98. The van der Waals surface area contributed by atoms with Crippen molar-refractivity contribution >= 4 is 28.5 Å². The van der Waals surface area contributed by atoms with Crippen molar-refractivity contribution in [1.29, 1.82) is 0 Å². The van der Waals surface area contributed by atoms with Gasteiger partial charge in [0.15, 0.2) is 5.65 Å². The van der Waals surface area contributed by atoms with Crippen LogP contribution in [0.2, 0.25) is 5.02 Å². The van der Waals surface area contributed by atoms with Gasteiger partial charge in [0.05, 0.1) is 5.02 Å². The SMILES string of the molecule is Cn1nccc1C(=O)N1CCC(c2ccc3cc(Cl)cnc3n2)CC1. The zero-order valence-corrected chi connectivity index (χ0v) is 14.6. The summed E-state index contributed by atoms with van der Waals surface area (Å²) in [4.78, 5) is 23.4. The quantitative estimate of drug-likeness (QED) is 0.708. The molecule has 1 aliphatic rings. The number of rotatable bonds is 2. The summed E-state index contributed by atoms with van der Waals surface area (Å²) in [5, 5.41) is 5.63. The molecule has 25 heavy (non-hydrogen) atoms. The zero-order valence-electron chi connectivity index (χ0n) is 13.9. The Morgan fingerprint density at radius 3 is 2.76 bits per heavy atom. The summed E-state index contributed by atoms with van der Waals surface area (Å²) in [6.07, 6.45) is 5.07. The molecule has 0 saturated carbocycles. The summed E-state index contributed by atoms with van der Waals surface area (Å²) in [6, 6.07) is 7.69. The number of fused-ring (bicyclic) bond motifs is 1. The lowest BCUT2D eigenvalue weighted by molar-refractivity contribution is 0.0701. The smallest absolute Gasteiger partial charge is 0.272 e. The van der Waals surface area contributed by atoms with Crippen molar-refractivity contribution in [2.24, 2.45) is 7.05 Å². The number of carbonyl (C=O) groups is 1. The Labute approximate surface area is 150 Å². The van der Waals surface area contributed by atoms with Crippen LogP contribution in [0.5, 0.6) is 0 Å². The first-order valence-electron chi connectivity index (χ1n) is 8.31. The summed E-state index contributed by atoms with van der Waals surface area (Å²) in [5.41, 5.74) is 2.38. The van der Waals surface area contributed by atoms with Gasteiger partial charge >= 0.3 is 0 Å². The van der Waals surface area contributed by atoms with Crippen LogP contribution in [0.15, 0.2) is 36.7 Å². The highest BCUT2D eigenvalue weighted by Crippen LogP contribution is 2.28. The van der Waals surface area contributed by atoms with Crippen molar-refractivity contribution < 1.29 is 4.79 Å². The number of halogens is 1. The highest BCUT2D eigenvalue weighted by Gasteiger charge is 2.26. The number of aromatic nitrogens is 4. The molecule has 4 heterocycles. The number of hydrogen-bond donors (Lipinski definition) is 0. The zero-order chi connectivity index (χ0) is 17.4. The predicted molar refractivity (Wildman–Crippen MR) is 95.6 cm³/mol. The van der Waals surface area contributed by atoms with Crippen LogP contribution < -0.4 is 0 Å². The first-order chi connectivity index (χ1) is 12.1. The molecule has 0 aromatic carbocycles. The standard InChI is InChI=1S/C18H18ClN5O/c1-23-16(4-7-21-23)18(25)24-8-5-12(6-9-24)15-3-2-13-10-14(19)11-20-17(13)22-15/h2-4,7,10-12H,5-6,8-9H2,1H3. The number of carbonyl (C=O) groups excluding carboxylic acids is 1. The molecule has 1 saturated heterocycles. The van der Waals surface area contributed by atoms with Crippen LogP contribution in [0, 0.1) is 0 Å². The molecular formula is C18H18ClN5O. The second kappa shape index (κ2) is 6.44. The molecule has 6 nitrogen and oxygen atoms in total. The number of hydrogen-bond acceptors (Lipinski definition) is 4. The normalized spacial score (nSPS) is 15.7. The van der Waals surface area contributed by atoms with Crippen LogP contribution in [-0.2, 0) is 7.05 Å². The van der Waals surface area contributed by atoms with Crippen molar-refractivity contribution in [3.8, 4) is 0 Å². The van der Waals surface area contributed by atoms with Gasteiger partial charge in [-0.3, -0.25) is 9.48 Å². The highest BCUT2D eigenvalue weighted by molar-refractivity contribution is 6.31. The van der Waals surface area contributed by atoms with Crippen LogP contribution in [0.4, 0.5) is 0 Å². The molecule has 0 aliphatic carbocycles. The minimum atomic E-state index is 0.0428. The lowest BCUT2D eigenvalue weighted by Gasteiger charge is -2.31. The Balaban J connectivity index is 1.47. The lowest BCUT2D eigenvalue weighted by Crippen LogP contribution is -2.38. The molecule has 0 unspecified atom stereocenters. The van der Waals surface area contributed by atoms with Gasteiger partial charge in [0.1, 0.15) is 5.69 Å². The average Bonchev–Trinajstić information content (AvgIpc) is 3.07. The van der Waals surface area contributed by atoms with E-state index in [0.29, 0.717) is 16.6 Å². The number of amides is 1. The second-order valence-corrected chi connectivity index (χ2v) is 6.78. The highest BCUT2D eigenvalue weighted by atomic mass is 35.5. The van der Waals surface area contributed by atoms with E-state index in [0.717, 1.165) is 42.7 Å². The molecule has 3 aromatic heterocycles. The van der Waals surface area contributed by atoms with E-state index in [1.54, 1.807) is 30.2 Å². The first-order valence-corrected chi connectivity index (χ1v) is 8.69. The summed E-state index contributed by atoms with van der Waals surface area (Å²) in [5.74, 6) is 0.388. The largest absolute Gasteiger partial charge is 0.337 e. The van der Waals surface area contributed by atoms with Crippen molar-refractivity contribution in [2.75, 3.05) is 13.1 Å². The van der Waals surface area contributed by atoms with Gasteiger partial charge in [0.25, 0.3) is 5.91 Å². The van der Waals surface area contributed by atoms with Crippen LogP contribution in [0.3, 0.4) is 0 Å². The van der Waals surface area contributed by atoms with Gasteiger partial charge in [-0.15, -0.1) is 0 Å². The second-order valence-electron chi connectivity index (χ2n) is 6.34. The molecule has 0 N–H and O–H groups in total. The Morgan fingerprint density at radius 1 is 1.24 bits per heavy atom. The number of nitrogens with zero attached hydrogens (tertiary/aromatic N) is 5. The van der Waals surface area contributed by atoms with Crippen molar-refractivity contribution in [3.63, 3.8) is 0 Å². The van der Waals surface area contributed by atoms with Crippen LogP contribution in [0.1, 0.15) is 34.9 Å². The fourth-order valence-corrected chi connectivity index (χ4v) is 3.52. The van der Waals surface area contributed by atoms with Gasteiger partial charge in [0.2, 0.25) is 0 Å². The Kier molecular flexibility index (Phi) is 4.13. The average molecular weight is 356 g/mol. The Morgan fingerprint density at radius 2 is 2.04 bits per heavy atom.